The van der Waals surface area contributed by atoms with Crippen LogP contribution < -0.4 is 10.1 Å². The molecule has 0 radical (unpaired) electrons. The van der Waals surface area contributed by atoms with Crippen molar-refractivity contribution in [2.75, 3.05) is 14.2 Å². The van der Waals surface area contributed by atoms with Crippen LogP contribution in [-0.2, 0) is 0 Å². The number of hydrogen-bond donors (Lipinski definition) is 1. The van der Waals surface area contributed by atoms with Gasteiger partial charge in [0.25, 0.3) is 0 Å². The Balaban J connectivity index is 2.46. The van der Waals surface area contributed by atoms with Gasteiger partial charge in [0.1, 0.15) is 0 Å². The zero-order valence-corrected chi connectivity index (χ0v) is 10.2. The Morgan fingerprint density at radius 1 is 1.33 bits per heavy atom. The van der Waals surface area contributed by atoms with Crippen molar-refractivity contribution in [2.24, 2.45) is 0 Å². The summed E-state index contributed by atoms with van der Waals surface area (Å²) in [7, 11) is 3.19. The van der Waals surface area contributed by atoms with Gasteiger partial charge in [-0.25, -0.2) is 4.39 Å². The molecule has 1 heterocycles. The number of ether oxygens (including phenoxy) is 1. The second kappa shape index (κ2) is 5.55. The monoisotopic (exact) mass is 247 g/mol. The highest BCUT2D eigenvalue weighted by atomic mass is 19.1. The van der Waals surface area contributed by atoms with Crippen LogP contribution in [0.1, 0.15) is 17.3 Å². The Labute approximate surface area is 105 Å². The topological polar surface area (TPSA) is 47.0 Å². The molecule has 0 saturated carbocycles. The minimum Gasteiger partial charge on any atom is -0.494 e. The van der Waals surface area contributed by atoms with Gasteiger partial charge in [0.15, 0.2) is 11.6 Å². The molecule has 0 aliphatic rings. The Bertz CT molecular complexity index is 519. The molecule has 94 valence electrons. The molecule has 18 heavy (non-hydrogen) atoms. The first kappa shape index (κ1) is 12.4. The SMILES string of the molecule is CNC(c1cnccn1)c1cccc(OC)c1F. The van der Waals surface area contributed by atoms with Crippen LogP contribution in [0.25, 0.3) is 0 Å². The average molecular weight is 247 g/mol. The molecule has 0 aliphatic carbocycles. The molecule has 2 rings (SSSR count). The minimum absolute atomic E-state index is 0.219. The first-order valence-corrected chi connectivity index (χ1v) is 5.53. The lowest BCUT2D eigenvalue weighted by Crippen LogP contribution is -2.20. The predicted molar refractivity (Wildman–Crippen MR) is 65.9 cm³/mol. The summed E-state index contributed by atoms with van der Waals surface area (Å²) in [5.41, 5.74) is 1.14. The summed E-state index contributed by atoms with van der Waals surface area (Å²) in [4.78, 5) is 8.19. The van der Waals surface area contributed by atoms with Gasteiger partial charge in [-0.15, -0.1) is 0 Å². The van der Waals surface area contributed by atoms with Gasteiger partial charge in [-0.2, -0.15) is 0 Å². The fourth-order valence-corrected chi connectivity index (χ4v) is 1.83. The van der Waals surface area contributed by atoms with E-state index in [-0.39, 0.29) is 17.6 Å². The van der Waals surface area contributed by atoms with E-state index in [4.69, 9.17) is 4.74 Å². The van der Waals surface area contributed by atoms with Crippen molar-refractivity contribution in [1.29, 1.82) is 0 Å². The van der Waals surface area contributed by atoms with E-state index in [2.05, 4.69) is 15.3 Å². The number of rotatable bonds is 4. The van der Waals surface area contributed by atoms with Crippen molar-refractivity contribution >= 4 is 0 Å². The molecule has 0 amide bonds. The molecule has 5 heteroatoms. The molecule has 0 fully saturated rings. The number of halogens is 1. The fraction of sp³-hybridized carbons (Fsp3) is 0.231. The first-order valence-electron chi connectivity index (χ1n) is 5.53. The van der Waals surface area contributed by atoms with Crippen LogP contribution >= 0.6 is 0 Å². The minimum atomic E-state index is -0.384. The summed E-state index contributed by atoms with van der Waals surface area (Å²) >= 11 is 0. The van der Waals surface area contributed by atoms with Crippen LogP contribution in [0.4, 0.5) is 4.39 Å². The molecule has 0 spiro atoms. The number of hydrogen-bond acceptors (Lipinski definition) is 4. The lowest BCUT2D eigenvalue weighted by atomic mass is 10.0. The van der Waals surface area contributed by atoms with Gasteiger partial charge in [0, 0.05) is 18.0 Å². The third-order valence-corrected chi connectivity index (χ3v) is 2.69. The maximum atomic E-state index is 14.2. The highest BCUT2D eigenvalue weighted by Crippen LogP contribution is 2.27. The van der Waals surface area contributed by atoms with Gasteiger partial charge in [0.2, 0.25) is 0 Å². The molecular formula is C13H14FN3O. The Morgan fingerprint density at radius 2 is 2.17 bits per heavy atom. The molecule has 1 aromatic heterocycles. The molecule has 4 nitrogen and oxygen atoms in total. The van der Waals surface area contributed by atoms with Crippen molar-refractivity contribution in [3.8, 4) is 5.75 Å². The van der Waals surface area contributed by atoms with Gasteiger partial charge in [-0.1, -0.05) is 12.1 Å². The van der Waals surface area contributed by atoms with Crippen LogP contribution in [0, 0.1) is 5.82 Å². The third kappa shape index (κ3) is 2.31. The van der Waals surface area contributed by atoms with Crippen LogP contribution in [0.2, 0.25) is 0 Å². The summed E-state index contributed by atoms with van der Waals surface area (Å²) in [5.74, 6) is -0.165. The van der Waals surface area contributed by atoms with E-state index in [0.29, 0.717) is 11.3 Å². The highest BCUT2D eigenvalue weighted by Gasteiger charge is 2.19. The average Bonchev–Trinajstić information content (AvgIpc) is 2.43. The van der Waals surface area contributed by atoms with Crippen molar-refractivity contribution in [2.45, 2.75) is 6.04 Å². The molecule has 0 aliphatic heterocycles. The fourth-order valence-electron chi connectivity index (χ4n) is 1.83. The van der Waals surface area contributed by atoms with E-state index in [9.17, 15) is 4.39 Å². The summed E-state index contributed by atoms with van der Waals surface area (Å²) in [6.07, 6.45) is 4.77. The standard InChI is InChI=1S/C13H14FN3O/c1-15-13(10-8-16-6-7-17-10)9-4-3-5-11(18-2)12(9)14/h3-8,13,15H,1-2H3. The number of nitrogens with one attached hydrogen (secondary N) is 1. The second-order valence-corrected chi connectivity index (χ2v) is 3.72. The normalized spacial score (nSPS) is 12.2. The maximum absolute atomic E-state index is 14.2. The number of aromatic nitrogens is 2. The van der Waals surface area contributed by atoms with Crippen LogP contribution in [-0.4, -0.2) is 24.1 Å². The van der Waals surface area contributed by atoms with E-state index < -0.39 is 0 Å². The zero-order chi connectivity index (χ0) is 13.0. The van der Waals surface area contributed by atoms with Crippen LogP contribution in [0.15, 0.2) is 36.8 Å². The summed E-state index contributed by atoms with van der Waals surface area (Å²) in [6, 6.07) is 4.68. The molecule has 1 atom stereocenters. The highest BCUT2D eigenvalue weighted by molar-refractivity contribution is 5.36. The van der Waals surface area contributed by atoms with Crippen molar-refractivity contribution in [1.82, 2.24) is 15.3 Å². The number of benzene rings is 1. The lowest BCUT2D eigenvalue weighted by Gasteiger charge is -2.17. The van der Waals surface area contributed by atoms with E-state index in [1.807, 2.05) is 0 Å². The predicted octanol–water partition coefficient (Wildman–Crippen LogP) is 1.93. The zero-order valence-electron chi connectivity index (χ0n) is 10.2. The molecular weight excluding hydrogens is 233 g/mol. The number of methoxy groups -OCH3 is 1. The van der Waals surface area contributed by atoms with Crippen molar-refractivity contribution < 1.29 is 9.13 Å². The van der Waals surface area contributed by atoms with Gasteiger partial charge >= 0.3 is 0 Å². The van der Waals surface area contributed by atoms with Gasteiger partial charge in [-0.3, -0.25) is 9.97 Å². The summed E-state index contributed by atoms with van der Waals surface area (Å²) in [5, 5.41) is 3.03. The molecule has 2 aromatic rings. The van der Waals surface area contributed by atoms with Crippen LogP contribution in [0.5, 0.6) is 5.75 Å². The molecule has 1 unspecified atom stereocenters. The van der Waals surface area contributed by atoms with Crippen molar-refractivity contribution in [3.05, 3.63) is 53.9 Å². The third-order valence-electron chi connectivity index (χ3n) is 2.69. The Kier molecular flexibility index (Phi) is 3.84. The second-order valence-electron chi connectivity index (χ2n) is 3.72. The van der Waals surface area contributed by atoms with E-state index >= 15 is 0 Å². The summed E-state index contributed by atoms with van der Waals surface area (Å²) < 4.78 is 19.2. The van der Waals surface area contributed by atoms with Gasteiger partial charge in [-0.05, 0) is 13.1 Å². The van der Waals surface area contributed by atoms with Gasteiger partial charge < -0.3 is 10.1 Å². The van der Waals surface area contributed by atoms with E-state index in [1.165, 1.54) is 7.11 Å². The molecule has 1 aromatic carbocycles. The van der Waals surface area contributed by atoms with E-state index in [1.54, 1.807) is 43.8 Å². The Hall–Kier alpha value is -2.01. The molecule has 1 N–H and O–H groups in total. The smallest absolute Gasteiger partial charge is 0.170 e. The molecule has 0 saturated heterocycles. The number of nitrogens with zero attached hydrogens (tertiary/aromatic N) is 2. The van der Waals surface area contributed by atoms with Gasteiger partial charge in [0.05, 0.1) is 25.0 Å². The maximum Gasteiger partial charge on any atom is 0.170 e. The first-order chi connectivity index (χ1) is 8.77. The Morgan fingerprint density at radius 3 is 2.78 bits per heavy atom. The summed E-state index contributed by atoms with van der Waals surface area (Å²) in [6.45, 7) is 0. The quantitative estimate of drug-likeness (QED) is 0.896. The van der Waals surface area contributed by atoms with Crippen LogP contribution in [0.3, 0.4) is 0 Å². The molecule has 0 bridgehead atoms. The van der Waals surface area contributed by atoms with E-state index in [0.717, 1.165) is 0 Å². The largest absolute Gasteiger partial charge is 0.494 e. The lowest BCUT2D eigenvalue weighted by molar-refractivity contribution is 0.382. The van der Waals surface area contributed by atoms with Crippen molar-refractivity contribution in [3.63, 3.8) is 0 Å².